The van der Waals surface area contributed by atoms with E-state index in [4.69, 9.17) is 9.52 Å². The summed E-state index contributed by atoms with van der Waals surface area (Å²) in [5.41, 5.74) is 1.89. The molecule has 1 saturated carbocycles. The van der Waals surface area contributed by atoms with E-state index in [1.807, 2.05) is 24.3 Å². The maximum Gasteiger partial charge on any atom is 0.303 e. The summed E-state index contributed by atoms with van der Waals surface area (Å²) in [5, 5.41) is 11.6. The predicted molar refractivity (Wildman–Crippen MR) is 123 cm³/mol. The molecule has 1 fully saturated rings. The molecule has 0 spiro atoms. The molecule has 6 heteroatoms. The summed E-state index contributed by atoms with van der Waals surface area (Å²) in [7, 11) is 0. The Labute approximate surface area is 189 Å². The summed E-state index contributed by atoms with van der Waals surface area (Å²) in [6.07, 6.45) is 12.9. The third kappa shape index (κ3) is 7.88. The Bertz CT molecular complexity index is 931. The number of amides is 1. The van der Waals surface area contributed by atoms with Crippen LogP contribution in [0.1, 0.15) is 86.7 Å². The van der Waals surface area contributed by atoms with E-state index in [1.54, 1.807) is 0 Å². The molecular weight excluding hydrogens is 404 g/mol. The van der Waals surface area contributed by atoms with Crippen LogP contribution in [-0.4, -0.2) is 28.5 Å². The highest BCUT2D eigenvalue weighted by molar-refractivity contribution is 5.92. The van der Waals surface area contributed by atoms with Gasteiger partial charge >= 0.3 is 5.97 Å². The Morgan fingerprint density at radius 2 is 1.88 bits per heavy atom. The third-order valence-electron chi connectivity index (χ3n) is 5.84. The minimum atomic E-state index is -0.801. The van der Waals surface area contributed by atoms with E-state index in [1.165, 1.54) is 44.8 Å². The Hall–Kier alpha value is -3.07. The van der Waals surface area contributed by atoms with Gasteiger partial charge in [0.2, 0.25) is 5.89 Å². The minimum Gasteiger partial charge on any atom is -0.481 e. The molecule has 170 valence electrons. The molecule has 0 bridgehead atoms. The smallest absolute Gasteiger partial charge is 0.303 e. The number of hydrogen-bond acceptors (Lipinski definition) is 4. The first kappa shape index (κ1) is 23.6. The zero-order chi connectivity index (χ0) is 22.6. The molecule has 1 aromatic heterocycles. The van der Waals surface area contributed by atoms with Gasteiger partial charge in [-0.2, -0.15) is 0 Å². The zero-order valence-corrected chi connectivity index (χ0v) is 18.6. The van der Waals surface area contributed by atoms with Gasteiger partial charge in [-0.1, -0.05) is 56.8 Å². The molecule has 2 aromatic rings. The largest absolute Gasteiger partial charge is 0.481 e. The third-order valence-corrected chi connectivity index (χ3v) is 5.84. The Morgan fingerprint density at radius 3 is 2.62 bits per heavy atom. The first-order valence-corrected chi connectivity index (χ1v) is 11.7. The van der Waals surface area contributed by atoms with Crippen LogP contribution in [-0.2, 0) is 4.79 Å². The van der Waals surface area contributed by atoms with Crippen molar-refractivity contribution in [3.05, 3.63) is 41.8 Å². The van der Waals surface area contributed by atoms with E-state index < -0.39 is 5.97 Å². The fourth-order valence-electron chi connectivity index (χ4n) is 4.03. The number of nitrogens with one attached hydrogen (secondary N) is 1. The number of unbranched alkanes of at least 4 members (excludes halogenated alkanes) is 2. The van der Waals surface area contributed by atoms with Crippen molar-refractivity contribution in [2.45, 2.75) is 70.6 Å². The molecule has 0 radical (unpaired) electrons. The molecular formula is C26H32N2O4. The number of carbonyl (C=O) groups excluding carboxylic acids is 1. The monoisotopic (exact) mass is 436 g/mol. The second kappa shape index (κ2) is 12.7. The summed E-state index contributed by atoms with van der Waals surface area (Å²) in [6.45, 7) is 0.660. The molecule has 1 heterocycles. The van der Waals surface area contributed by atoms with Crippen LogP contribution in [0.25, 0.3) is 11.5 Å². The number of oxazole rings is 1. The van der Waals surface area contributed by atoms with Crippen molar-refractivity contribution in [1.29, 1.82) is 0 Å². The minimum absolute atomic E-state index is 0.133. The quantitative estimate of drug-likeness (QED) is 0.383. The Balaban J connectivity index is 1.40. The summed E-state index contributed by atoms with van der Waals surface area (Å²) in [6, 6.07) is 7.41. The maximum atomic E-state index is 12.3. The number of hydrogen-bond donors (Lipinski definition) is 2. The van der Waals surface area contributed by atoms with Gasteiger partial charge in [0.05, 0.1) is 0 Å². The van der Waals surface area contributed by atoms with Crippen LogP contribution in [0.4, 0.5) is 0 Å². The van der Waals surface area contributed by atoms with Crippen LogP contribution in [0.5, 0.6) is 0 Å². The van der Waals surface area contributed by atoms with Crippen LogP contribution < -0.4 is 5.32 Å². The first-order chi connectivity index (χ1) is 15.6. The van der Waals surface area contributed by atoms with Crippen LogP contribution in [0, 0.1) is 17.8 Å². The fraction of sp³-hybridized carbons (Fsp3) is 0.500. The average molecular weight is 437 g/mol. The molecule has 0 unspecified atom stereocenters. The highest BCUT2D eigenvalue weighted by atomic mass is 16.4. The van der Waals surface area contributed by atoms with Gasteiger partial charge in [0.25, 0.3) is 5.91 Å². The molecule has 0 atom stereocenters. The number of aliphatic carboxylic acids is 1. The van der Waals surface area contributed by atoms with Crippen LogP contribution >= 0.6 is 0 Å². The molecule has 1 amide bonds. The number of aromatic nitrogens is 1. The van der Waals surface area contributed by atoms with Crippen molar-refractivity contribution in [1.82, 2.24) is 10.3 Å². The van der Waals surface area contributed by atoms with Gasteiger partial charge in [-0.3, -0.25) is 9.59 Å². The summed E-state index contributed by atoms with van der Waals surface area (Å²) in [5.74, 6) is 6.26. The molecule has 32 heavy (non-hydrogen) atoms. The zero-order valence-electron chi connectivity index (χ0n) is 18.6. The van der Waals surface area contributed by atoms with Crippen LogP contribution in [0.3, 0.4) is 0 Å². The normalized spacial score (nSPS) is 13.9. The van der Waals surface area contributed by atoms with Gasteiger partial charge in [0, 0.05) is 30.5 Å². The lowest BCUT2D eigenvalue weighted by molar-refractivity contribution is -0.137. The number of benzene rings is 1. The topological polar surface area (TPSA) is 92.4 Å². The Kier molecular flexibility index (Phi) is 9.37. The number of nitrogens with zero attached hydrogens (tertiary/aromatic N) is 1. The van der Waals surface area contributed by atoms with E-state index >= 15 is 0 Å². The molecule has 0 saturated heterocycles. The average Bonchev–Trinajstić information content (AvgIpc) is 3.30. The standard InChI is InChI=1S/C26H32N2O4/c29-24(30)13-6-2-5-11-21-14-16-22(17-15-21)26-28-23(19-32-26)25(31)27-18-8-7-12-20-9-3-1-4-10-20/h14-17,19-20H,1-4,6-10,12-13,18H2,(H,27,31)(H,29,30). The molecule has 3 rings (SSSR count). The molecule has 1 aromatic carbocycles. The van der Waals surface area contributed by atoms with Crippen molar-refractivity contribution in [2.24, 2.45) is 5.92 Å². The lowest BCUT2D eigenvalue weighted by Gasteiger charge is -2.21. The maximum absolute atomic E-state index is 12.3. The van der Waals surface area contributed by atoms with Crippen molar-refractivity contribution in [3.8, 4) is 23.3 Å². The first-order valence-electron chi connectivity index (χ1n) is 11.7. The molecule has 1 aliphatic rings. The summed E-state index contributed by atoms with van der Waals surface area (Å²) < 4.78 is 5.49. The second-order valence-corrected chi connectivity index (χ2v) is 8.42. The van der Waals surface area contributed by atoms with E-state index in [-0.39, 0.29) is 18.0 Å². The van der Waals surface area contributed by atoms with Crippen molar-refractivity contribution < 1.29 is 19.1 Å². The van der Waals surface area contributed by atoms with Crippen molar-refractivity contribution in [2.75, 3.05) is 6.54 Å². The number of carboxylic acid groups (broad SMARTS) is 1. The molecule has 6 nitrogen and oxygen atoms in total. The van der Waals surface area contributed by atoms with E-state index in [2.05, 4.69) is 22.1 Å². The predicted octanol–water partition coefficient (Wildman–Crippen LogP) is 5.43. The highest BCUT2D eigenvalue weighted by Gasteiger charge is 2.14. The van der Waals surface area contributed by atoms with Crippen molar-refractivity contribution in [3.63, 3.8) is 0 Å². The van der Waals surface area contributed by atoms with Gasteiger partial charge in [-0.15, -0.1) is 0 Å². The summed E-state index contributed by atoms with van der Waals surface area (Å²) >= 11 is 0. The van der Waals surface area contributed by atoms with Crippen molar-refractivity contribution >= 4 is 11.9 Å². The lowest BCUT2D eigenvalue weighted by Crippen LogP contribution is -2.24. The molecule has 1 aliphatic carbocycles. The lowest BCUT2D eigenvalue weighted by atomic mass is 9.86. The summed E-state index contributed by atoms with van der Waals surface area (Å²) in [4.78, 5) is 27.1. The van der Waals surface area contributed by atoms with E-state index in [0.717, 1.165) is 29.9 Å². The van der Waals surface area contributed by atoms with Gasteiger partial charge in [0.1, 0.15) is 6.26 Å². The molecule has 2 N–H and O–H groups in total. The second-order valence-electron chi connectivity index (χ2n) is 8.42. The molecule has 0 aliphatic heterocycles. The fourth-order valence-corrected chi connectivity index (χ4v) is 4.03. The number of carbonyl (C=O) groups is 2. The Morgan fingerprint density at radius 1 is 1.09 bits per heavy atom. The number of rotatable bonds is 10. The van der Waals surface area contributed by atoms with Gasteiger partial charge in [0.15, 0.2) is 5.69 Å². The van der Waals surface area contributed by atoms with Crippen LogP contribution in [0.2, 0.25) is 0 Å². The highest BCUT2D eigenvalue weighted by Crippen LogP contribution is 2.27. The van der Waals surface area contributed by atoms with Gasteiger partial charge in [-0.25, -0.2) is 4.98 Å². The van der Waals surface area contributed by atoms with Gasteiger partial charge < -0.3 is 14.8 Å². The number of carboxylic acids is 1. The van der Waals surface area contributed by atoms with Gasteiger partial charge in [-0.05, 0) is 43.0 Å². The van der Waals surface area contributed by atoms with E-state index in [9.17, 15) is 9.59 Å². The van der Waals surface area contributed by atoms with E-state index in [0.29, 0.717) is 25.3 Å². The van der Waals surface area contributed by atoms with Crippen LogP contribution in [0.15, 0.2) is 34.9 Å². The SMILES string of the molecule is O=C(O)CCCC#Cc1ccc(-c2nc(C(=O)NCCCCC3CCCCC3)co2)cc1.